The summed E-state index contributed by atoms with van der Waals surface area (Å²) in [6, 6.07) is 14.8. The summed E-state index contributed by atoms with van der Waals surface area (Å²) in [6.45, 7) is 8.53. The SMILES string of the molecule is Cc1cc(C)cc(-c2nc(C(C)C)nc3ccccc23)c1. The van der Waals surface area contributed by atoms with Gasteiger partial charge in [-0.2, -0.15) is 0 Å². The van der Waals surface area contributed by atoms with Gasteiger partial charge >= 0.3 is 0 Å². The van der Waals surface area contributed by atoms with Gasteiger partial charge in [0.25, 0.3) is 0 Å². The molecular weight excluding hydrogens is 256 g/mol. The lowest BCUT2D eigenvalue weighted by molar-refractivity contribution is 0.784. The third-order valence-electron chi connectivity index (χ3n) is 3.63. The predicted molar refractivity (Wildman–Crippen MR) is 88.5 cm³/mol. The largest absolute Gasteiger partial charge is 0.233 e. The topological polar surface area (TPSA) is 25.8 Å². The van der Waals surface area contributed by atoms with Crippen molar-refractivity contribution in [2.45, 2.75) is 33.6 Å². The molecule has 2 aromatic carbocycles. The first-order valence-electron chi connectivity index (χ1n) is 7.40. The van der Waals surface area contributed by atoms with Gasteiger partial charge in [-0.1, -0.05) is 49.2 Å². The fourth-order valence-electron chi connectivity index (χ4n) is 2.68. The van der Waals surface area contributed by atoms with Gasteiger partial charge in [-0.25, -0.2) is 9.97 Å². The molecular formula is C19H20N2. The maximum absolute atomic E-state index is 4.84. The van der Waals surface area contributed by atoms with E-state index < -0.39 is 0 Å². The van der Waals surface area contributed by atoms with E-state index in [1.165, 1.54) is 16.7 Å². The van der Waals surface area contributed by atoms with Crippen LogP contribution in [0.5, 0.6) is 0 Å². The van der Waals surface area contributed by atoms with Crippen LogP contribution in [-0.4, -0.2) is 9.97 Å². The Bertz CT molecular complexity index is 784. The zero-order valence-corrected chi connectivity index (χ0v) is 13.0. The maximum atomic E-state index is 4.84. The lowest BCUT2D eigenvalue weighted by Gasteiger charge is -2.12. The first-order valence-corrected chi connectivity index (χ1v) is 7.40. The second kappa shape index (κ2) is 5.28. The van der Waals surface area contributed by atoms with Gasteiger partial charge in [-0.05, 0) is 32.0 Å². The van der Waals surface area contributed by atoms with E-state index in [1.807, 2.05) is 12.1 Å². The summed E-state index contributed by atoms with van der Waals surface area (Å²) >= 11 is 0. The zero-order valence-electron chi connectivity index (χ0n) is 13.0. The van der Waals surface area contributed by atoms with Crippen LogP contribution in [0.2, 0.25) is 0 Å². The fraction of sp³-hybridized carbons (Fsp3) is 0.263. The minimum Gasteiger partial charge on any atom is -0.233 e. The quantitative estimate of drug-likeness (QED) is 0.655. The Hall–Kier alpha value is -2.22. The van der Waals surface area contributed by atoms with Crippen LogP contribution in [-0.2, 0) is 0 Å². The zero-order chi connectivity index (χ0) is 15.0. The molecule has 2 nitrogen and oxygen atoms in total. The number of nitrogens with zero attached hydrogens (tertiary/aromatic N) is 2. The van der Waals surface area contributed by atoms with Crippen LogP contribution in [0.25, 0.3) is 22.2 Å². The van der Waals surface area contributed by atoms with E-state index in [-0.39, 0.29) is 0 Å². The highest BCUT2D eigenvalue weighted by molar-refractivity contribution is 5.92. The lowest BCUT2D eigenvalue weighted by atomic mass is 10.0. The maximum Gasteiger partial charge on any atom is 0.132 e. The van der Waals surface area contributed by atoms with Crippen molar-refractivity contribution in [2.24, 2.45) is 0 Å². The average molecular weight is 276 g/mol. The Balaban J connectivity index is 2.34. The van der Waals surface area contributed by atoms with Gasteiger partial charge in [0.1, 0.15) is 5.82 Å². The second-order valence-electron chi connectivity index (χ2n) is 5.98. The van der Waals surface area contributed by atoms with Crippen molar-refractivity contribution in [3.05, 3.63) is 59.4 Å². The number of benzene rings is 2. The normalized spacial score (nSPS) is 11.3. The summed E-state index contributed by atoms with van der Waals surface area (Å²) in [5.41, 5.74) is 5.76. The number of para-hydroxylation sites is 1. The number of fused-ring (bicyclic) bond motifs is 1. The molecule has 0 amide bonds. The molecule has 0 atom stereocenters. The highest BCUT2D eigenvalue weighted by Gasteiger charge is 2.12. The lowest BCUT2D eigenvalue weighted by Crippen LogP contribution is -2.00. The van der Waals surface area contributed by atoms with Crippen molar-refractivity contribution in [2.75, 3.05) is 0 Å². The molecule has 0 bridgehead atoms. The second-order valence-corrected chi connectivity index (χ2v) is 5.98. The third kappa shape index (κ3) is 2.66. The van der Waals surface area contributed by atoms with E-state index in [1.54, 1.807) is 0 Å². The van der Waals surface area contributed by atoms with Crippen LogP contribution in [0.4, 0.5) is 0 Å². The first-order chi connectivity index (χ1) is 10.0. The predicted octanol–water partition coefficient (Wildman–Crippen LogP) is 5.04. The minimum atomic E-state index is 0.319. The summed E-state index contributed by atoms with van der Waals surface area (Å²) in [5.74, 6) is 1.22. The molecule has 0 saturated heterocycles. The number of aryl methyl sites for hydroxylation is 2. The Morgan fingerprint density at radius 3 is 2.19 bits per heavy atom. The number of aromatic nitrogens is 2. The molecule has 1 aromatic heterocycles. The van der Waals surface area contributed by atoms with Crippen LogP contribution < -0.4 is 0 Å². The van der Waals surface area contributed by atoms with E-state index in [9.17, 15) is 0 Å². The van der Waals surface area contributed by atoms with Gasteiger partial charge in [0, 0.05) is 16.9 Å². The fourth-order valence-corrected chi connectivity index (χ4v) is 2.68. The Morgan fingerprint density at radius 1 is 0.857 bits per heavy atom. The molecule has 106 valence electrons. The van der Waals surface area contributed by atoms with Crippen LogP contribution in [0, 0.1) is 13.8 Å². The summed E-state index contributed by atoms with van der Waals surface area (Å²) < 4.78 is 0. The summed E-state index contributed by atoms with van der Waals surface area (Å²) in [6.07, 6.45) is 0. The summed E-state index contributed by atoms with van der Waals surface area (Å²) in [4.78, 5) is 9.54. The minimum absolute atomic E-state index is 0.319. The molecule has 2 heteroatoms. The molecule has 0 aliphatic rings. The summed E-state index contributed by atoms with van der Waals surface area (Å²) in [5, 5.41) is 1.12. The average Bonchev–Trinajstić information content (AvgIpc) is 2.45. The van der Waals surface area contributed by atoms with Crippen molar-refractivity contribution in [1.29, 1.82) is 0 Å². The number of rotatable bonds is 2. The molecule has 21 heavy (non-hydrogen) atoms. The highest BCUT2D eigenvalue weighted by Crippen LogP contribution is 2.29. The smallest absolute Gasteiger partial charge is 0.132 e. The third-order valence-corrected chi connectivity index (χ3v) is 3.63. The summed E-state index contributed by atoms with van der Waals surface area (Å²) in [7, 11) is 0. The van der Waals surface area contributed by atoms with Gasteiger partial charge in [0.05, 0.1) is 11.2 Å². The molecule has 1 heterocycles. The van der Waals surface area contributed by atoms with Crippen LogP contribution in [0.15, 0.2) is 42.5 Å². The van der Waals surface area contributed by atoms with Crippen molar-refractivity contribution >= 4 is 10.9 Å². The van der Waals surface area contributed by atoms with Crippen LogP contribution in [0.1, 0.15) is 36.7 Å². The van der Waals surface area contributed by atoms with E-state index in [0.717, 1.165) is 22.4 Å². The molecule has 3 rings (SSSR count). The van der Waals surface area contributed by atoms with Gasteiger partial charge in [0.2, 0.25) is 0 Å². The Labute approximate surface area is 125 Å². The van der Waals surface area contributed by atoms with Gasteiger partial charge in [-0.15, -0.1) is 0 Å². The molecule has 0 N–H and O–H groups in total. The van der Waals surface area contributed by atoms with E-state index in [2.05, 4.69) is 58.0 Å². The van der Waals surface area contributed by atoms with Crippen molar-refractivity contribution in [1.82, 2.24) is 9.97 Å². The Morgan fingerprint density at radius 2 is 1.52 bits per heavy atom. The molecule has 0 saturated carbocycles. The number of hydrogen-bond acceptors (Lipinski definition) is 2. The first kappa shape index (κ1) is 13.7. The highest BCUT2D eigenvalue weighted by atomic mass is 14.9. The van der Waals surface area contributed by atoms with Crippen molar-refractivity contribution < 1.29 is 0 Å². The Kier molecular flexibility index (Phi) is 3.46. The standard InChI is InChI=1S/C19H20N2/c1-12(2)19-20-17-8-6-5-7-16(17)18(21-19)15-10-13(3)9-14(4)11-15/h5-12H,1-4H3. The molecule has 0 spiro atoms. The van der Waals surface area contributed by atoms with E-state index in [4.69, 9.17) is 9.97 Å². The van der Waals surface area contributed by atoms with E-state index >= 15 is 0 Å². The van der Waals surface area contributed by atoms with Crippen molar-refractivity contribution in [3.8, 4) is 11.3 Å². The molecule has 0 fully saturated rings. The van der Waals surface area contributed by atoms with Crippen LogP contribution in [0.3, 0.4) is 0 Å². The molecule has 0 unspecified atom stereocenters. The molecule has 3 aromatic rings. The number of hydrogen-bond donors (Lipinski definition) is 0. The monoisotopic (exact) mass is 276 g/mol. The molecule has 0 radical (unpaired) electrons. The molecule has 0 aliphatic heterocycles. The van der Waals surface area contributed by atoms with Crippen molar-refractivity contribution in [3.63, 3.8) is 0 Å². The van der Waals surface area contributed by atoms with Gasteiger partial charge < -0.3 is 0 Å². The van der Waals surface area contributed by atoms with E-state index in [0.29, 0.717) is 5.92 Å². The van der Waals surface area contributed by atoms with Crippen LogP contribution >= 0.6 is 0 Å². The van der Waals surface area contributed by atoms with Gasteiger partial charge in [-0.3, -0.25) is 0 Å². The molecule has 0 aliphatic carbocycles. The van der Waals surface area contributed by atoms with Gasteiger partial charge in [0.15, 0.2) is 0 Å².